The van der Waals surface area contributed by atoms with Crippen molar-refractivity contribution in [3.8, 4) is 12.1 Å². The molecule has 0 amide bonds. The van der Waals surface area contributed by atoms with Crippen LogP contribution < -0.4 is 5.32 Å². The predicted molar refractivity (Wildman–Crippen MR) is 128 cm³/mol. The molecule has 0 atom stereocenters. The zero-order valence-electron chi connectivity index (χ0n) is 16.8. The minimum Gasteiger partial charge on any atom is -0.396 e. The number of hydrogen-bond donors (Lipinski definition) is 3. The normalized spacial score (nSPS) is 10.7. The molecule has 0 fully saturated rings. The van der Waals surface area contributed by atoms with E-state index in [2.05, 4.69) is 27.3 Å². The van der Waals surface area contributed by atoms with E-state index in [1.807, 2.05) is 60.7 Å². The largest absolute Gasteiger partial charge is 0.396 e. The van der Waals surface area contributed by atoms with Gasteiger partial charge in [0.15, 0.2) is 0 Å². The van der Waals surface area contributed by atoms with Crippen molar-refractivity contribution < 1.29 is 5.11 Å². The van der Waals surface area contributed by atoms with Gasteiger partial charge in [0.1, 0.15) is 17.9 Å². The molecule has 3 aromatic carbocycles. The summed E-state index contributed by atoms with van der Waals surface area (Å²) in [5.74, 6) is 0. The first-order valence-corrected chi connectivity index (χ1v) is 10.6. The summed E-state index contributed by atoms with van der Waals surface area (Å²) < 4.78 is 0.969. The number of aliphatic hydroxyl groups excluding tert-OH is 1. The van der Waals surface area contributed by atoms with Gasteiger partial charge in [0, 0.05) is 28.9 Å². The van der Waals surface area contributed by atoms with Crippen LogP contribution in [0.3, 0.4) is 0 Å². The summed E-state index contributed by atoms with van der Waals surface area (Å²) >= 11 is 3.46. The third-order valence-electron chi connectivity index (χ3n) is 4.91. The number of anilines is 1. The van der Waals surface area contributed by atoms with Crippen molar-refractivity contribution in [3.63, 3.8) is 0 Å². The van der Waals surface area contributed by atoms with Gasteiger partial charge in [-0.15, -0.1) is 0 Å². The molecule has 0 heterocycles. The van der Waals surface area contributed by atoms with Gasteiger partial charge >= 0.3 is 0 Å². The highest BCUT2D eigenvalue weighted by Crippen LogP contribution is 2.26. The average molecular weight is 473 g/mol. The highest BCUT2D eigenvalue weighted by atomic mass is 79.9. The smallest absolute Gasteiger partial charge is 0.139 e. The van der Waals surface area contributed by atoms with Gasteiger partial charge in [0.2, 0.25) is 0 Å². The van der Waals surface area contributed by atoms with E-state index in [4.69, 9.17) is 15.8 Å². The van der Waals surface area contributed by atoms with Gasteiger partial charge in [0.25, 0.3) is 0 Å². The summed E-state index contributed by atoms with van der Waals surface area (Å²) in [4.78, 5) is 0. The number of nitrogens with zero attached hydrogens (tertiary/aromatic N) is 2. The Morgan fingerprint density at radius 1 is 1.13 bits per heavy atom. The Labute approximate surface area is 189 Å². The molecule has 0 aliphatic heterocycles. The van der Waals surface area contributed by atoms with Crippen molar-refractivity contribution in [2.45, 2.75) is 12.8 Å². The Morgan fingerprint density at radius 3 is 2.71 bits per heavy atom. The van der Waals surface area contributed by atoms with Crippen LogP contribution in [-0.4, -0.2) is 24.0 Å². The molecule has 3 aromatic rings. The van der Waals surface area contributed by atoms with Crippen LogP contribution in [0.1, 0.15) is 28.7 Å². The van der Waals surface area contributed by atoms with E-state index in [0.717, 1.165) is 32.1 Å². The maximum absolute atomic E-state index is 9.71. The van der Waals surface area contributed by atoms with Crippen LogP contribution in [0.25, 0.3) is 16.8 Å². The Hall–Kier alpha value is -3.45. The number of rotatable bonds is 8. The number of nitrogens with one attached hydrogen (secondary N) is 2. The molecule has 0 spiro atoms. The first-order chi connectivity index (χ1) is 15.1. The molecule has 3 N–H and O–H groups in total. The Kier molecular flexibility index (Phi) is 7.56. The van der Waals surface area contributed by atoms with E-state index in [9.17, 15) is 5.26 Å². The number of halogens is 1. The Bertz CT molecular complexity index is 1230. The van der Waals surface area contributed by atoms with Crippen LogP contribution >= 0.6 is 15.9 Å². The summed E-state index contributed by atoms with van der Waals surface area (Å²) in [6.07, 6.45) is 5.01. The lowest BCUT2D eigenvalue weighted by Gasteiger charge is -2.10. The molecule has 0 bridgehead atoms. The molecule has 3 rings (SSSR count). The molecule has 5 nitrogen and oxygen atoms in total. The second-order valence-electron chi connectivity index (χ2n) is 6.98. The van der Waals surface area contributed by atoms with E-state index >= 15 is 0 Å². The van der Waals surface area contributed by atoms with Crippen molar-refractivity contribution in [1.29, 1.82) is 15.9 Å². The van der Waals surface area contributed by atoms with Crippen LogP contribution in [0.15, 0.2) is 59.1 Å². The summed E-state index contributed by atoms with van der Waals surface area (Å²) in [6, 6.07) is 19.5. The first kappa shape index (κ1) is 22.2. The van der Waals surface area contributed by atoms with Crippen molar-refractivity contribution in [2.75, 3.05) is 18.5 Å². The third-order valence-corrected chi connectivity index (χ3v) is 5.41. The van der Waals surface area contributed by atoms with E-state index < -0.39 is 0 Å². The molecule has 0 radical (unpaired) electrons. The highest BCUT2D eigenvalue weighted by Gasteiger charge is 2.09. The number of allylic oxidation sites excluding steroid dienone is 1. The molecule has 0 aliphatic carbocycles. The van der Waals surface area contributed by atoms with Crippen molar-refractivity contribution in [1.82, 2.24) is 0 Å². The zero-order valence-corrected chi connectivity index (χ0v) is 18.4. The fourth-order valence-electron chi connectivity index (χ4n) is 3.37. The van der Waals surface area contributed by atoms with Gasteiger partial charge in [-0.3, -0.25) is 5.41 Å². The second-order valence-corrected chi connectivity index (χ2v) is 7.89. The number of hydrogen-bond acceptors (Lipinski definition) is 5. The fraction of sp³-hybridized carbons (Fsp3) is 0.160. The van der Waals surface area contributed by atoms with Crippen LogP contribution in [0.2, 0.25) is 0 Å². The predicted octanol–water partition coefficient (Wildman–Crippen LogP) is 5.42. The van der Waals surface area contributed by atoms with Gasteiger partial charge in [0.05, 0.1) is 5.56 Å². The summed E-state index contributed by atoms with van der Waals surface area (Å²) in [5, 5.41) is 40.9. The maximum Gasteiger partial charge on any atom is 0.139 e. The Morgan fingerprint density at radius 2 is 1.97 bits per heavy atom. The standard InChI is InChI=1S/C25H21BrN4O/c26-20-7-9-22-19(13-20)6-5-17(24(22)15-27)3-1-4-18-14-21(30-11-2-12-31)8-10-23(18)25(29)16-28/h1,4-10,13-14,29-31H,2-3,11-12H2/b4-1-,29-25?. The van der Waals surface area contributed by atoms with Gasteiger partial charge < -0.3 is 10.4 Å². The summed E-state index contributed by atoms with van der Waals surface area (Å²) in [7, 11) is 0. The molecule has 31 heavy (non-hydrogen) atoms. The minimum atomic E-state index is -0.101. The molecule has 0 unspecified atom stereocenters. The number of aliphatic hydroxyl groups is 1. The quantitative estimate of drug-likeness (QED) is 0.300. The van der Waals surface area contributed by atoms with E-state index in [0.29, 0.717) is 30.5 Å². The van der Waals surface area contributed by atoms with Crippen LogP contribution in [0.4, 0.5) is 5.69 Å². The average Bonchev–Trinajstić information content (AvgIpc) is 2.78. The number of nitriles is 2. The van der Waals surface area contributed by atoms with E-state index in [-0.39, 0.29) is 12.3 Å². The molecule has 0 saturated carbocycles. The molecule has 0 aliphatic rings. The summed E-state index contributed by atoms with van der Waals surface area (Å²) in [6.45, 7) is 0.744. The number of benzene rings is 3. The molecule has 154 valence electrons. The van der Waals surface area contributed by atoms with Crippen LogP contribution in [0.5, 0.6) is 0 Å². The topological polar surface area (TPSA) is 104 Å². The summed E-state index contributed by atoms with van der Waals surface area (Å²) in [5.41, 5.74) is 3.63. The Balaban J connectivity index is 1.90. The van der Waals surface area contributed by atoms with Crippen molar-refractivity contribution >= 4 is 44.2 Å². The zero-order chi connectivity index (χ0) is 22.2. The molecule has 6 heteroatoms. The maximum atomic E-state index is 9.71. The van der Waals surface area contributed by atoms with E-state index in [1.54, 1.807) is 6.07 Å². The third kappa shape index (κ3) is 5.38. The molecule has 0 saturated heterocycles. The highest BCUT2D eigenvalue weighted by molar-refractivity contribution is 9.10. The van der Waals surface area contributed by atoms with Gasteiger partial charge in [-0.1, -0.05) is 46.3 Å². The van der Waals surface area contributed by atoms with Crippen molar-refractivity contribution in [3.05, 3.63) is 81.3 Å². The van der Waals surface area contributed by atoms with Gasteiger partial charge in [-0.05, 0) is 65.1 Å². The SMILES string of the molecule is N#CC(=N)c1ccc(NCCCO)cc1/C=C\Cc1ccc2cc(Br)ccc2c1C#N. The first-order valence-electron chi connectivity index (χ1n) is 9.83. The van der Waals surface area contributed by atoms with Crippen LogP contribution in [0, 0.1) is 28.1 Å². The molecular weight excluding hydrogens is 452 g/mol. The lowest BCUT2D eigenvalue weighted by molar-refractivity contribution is 0.292. The van der Waals surface area contributed by atoms with Gasteiger partial charge in [-0.25, -0.2) is 0 Å². The van der Waals surface area contributed by atoms with Crippen LogP contribution in [-0.2, 0) is 6.42 Å². The second kappa shape index (κ2) is 10.5. The monoisotopic (exact) mass is 472 g/mol. The van der Waals surface area contributed by atoms with Crippen molar-refractivity contribution in [2.24, 2.45) is 0 Å². The van der Waals surface area contributed by atoms with E-state index in [1.165, 1.54) is 0 Å². The van der Waals surface area contributed by atoms with Gasteiger partial charge in [-0.2, -0.15) is 10.5 Å². The minimum absolute atomic E-state index is 0.101. The number of fused-ring (bicyclic) bond motifs is 1. The lowest BCUT2D eigenvalue weighted by atomic mass is 9.97. The lowest BCUT2D eigenvalue weighted by Crippen LogP contribution is -2.05. The molecule has 0 aromatic heterocycles. The fourth-order valence-corrected chi connectivity index (χ4v) is 3.75. The molecular formula is C25H21BrN4O.